The van der Waals surface area contributed by atoms with Gasteiger partial charge in [-0.1, -0.05) is 26.0 Å². The van der Waals surface area contributed by atoms with Crippen LogP contribution in [-0.2, 0) is 17.8 Å². The molecule has 3 aliphatic heterocycles. The number of likely N-dealkylation sites (tertiary alicyclic amines) is 1. The first-order chi connectivity index (χ1) is 16.4. The Morgan fingerprint density at radius 1 is 1.15 bits per heavy atom. The van der Waals surface area contributed by atoms with Crippen LogP contribution in [0.2, 0.25) is 0 Å². The SMILES string of the molecule is CC(C)C[C@@]1(C2CCN(Cc3ccc4c(c3)OCO4)CC2)NC(=O)N(CCc2cccs2)C1=O. The van der Waals surface area contributed by atoms with E-state index >= 15 is 0 Å². The largest absolute Gasteiger partial charge is 0.454 e. The zero-order chi connectivity index (χ0) is 23.7. The zero-order valence-electron chi connectivity index (χ0n) is 19.9. The van der Waals surface area contributed by atoms with Gasteiger partial charge >= 0.3 is 6.03 Å². The number of urea groups is 1. The summed E-state index contributed by atoms with van der Waals surface area (Å²) < 4.78 is 10.9. The van der Waals surface area contributed by atoms with E-state index in [1.807, 2.05) is 17.5 Å². The third-order valence-electron chi connectivity index (χ3n) is 7.22. The van der Waals surface area contributed by atoms with E-state index in [-0.39, 0.29) is 24.6 Å². The van der Waals surface area contributed by atoms with E-state index < -0.39 is 5.54 Å². The summed E-state index contributed by atoms with van der Waals surface area (Å²) in [6, 6.07) is 9.95. The lowest BCUT2D eigenvalue weighted by Crippen LogP contribution is -2.56. The van der Waals surface area contributed by atoms with Crippen LogP contribution in [0, 0.1) is 11.8 Å². The standard InChI is InChI=1S/C26H33N3O4S/c1-18(2)15-26(24(30)29(25(31)27-26)12-9-21-4-3-13-34-21)20-7-10-28(11-8-20)16-19-5-6-22-23(14-19)33-17-32-22/h3-6,13-14,18,20H,7-12,15-17H2,1-2H3,(H,27,31)/t26-/m0/s1. The number of benzene rings is 1. The minimum absolute atomic E-state index is 0.0306. The van der Waals surface area contributed by atoms with E-state index in [0.717, 1.165) is 44.0 Å². The molecule has 7 nitrogen and oxygen atoms in total. The number of nitrogens with one attached hydrogen (secondary N) is 1. The van der Waals surface area contributed by atoms with Crippen LogP contribution < -0.4 is 14.8 Å². The molecule has 0 aliphatic carbocycles. The summed E-state index contributed by atoms with van der Waals surface area (Å²) in [5.74, 6) is 2.04. The third-order valence-corrected chi connectivity index (χ3v) is 8.16. The van der Waals surface area contributed by atoms with Gasteiger partial charge in [0.1, 0.15) is 5.54 Å². The minimum Gasteiger partial charge on any atom is -0.454 e. The fourth-order valence-electron chi connectivity index (χ4n) is 5.63. The lowest BCUT2D eigenvalue weighted by Gasteiger charge is -2.41. The molecular weight excluding hydrogens is 450 g/mol. The highest BCUT2D eigenvalue weighted by atomic mass is 32.1. The quantitative estimate of drug-likeness (QED) is 0.568. The molecule has 1 aromatic heterocycles. The Balaban J connectivity index is 1.25. The number of imide groups is 1. The predicted octanol–water partition coefficient (Wildman–Crippen LogP) is 4.27. The third kappa shape index (κ3) is 4.53. The molecule has 0 bridgehead atoms. The van der Waals surface area contributed by atoms with Crippen LogP contribution in [0.4, 0.5) is 4.79 Å². The van der Waals surface area contributed by atoms with E-state index in [2.05, 4.69) is 42.3 Å². The molecule has 4 heterocycles. The molecule has 182 valence electrons. The number of carbonyl (C=O) groups excluding carboxylic acids is 2. The van der Waals surface area contributed by atoms with Crippen molar-refractivity contribution in [3.63, 3.8) is 0 Å². The maximum absolute atomic E-state index is 13.7. The number of hydrogen-bond acceptors (Lipinski definition) is 6. The van der Waals surface area contributed by atoms with Gasteiger partial charge in [0.05, 0.1) is 0 Å². The van der Waals surface area contributed by atoms with Gasteiger partial charge in [0.15, 0.2) is 11.5 Å². The number of carbonyl (C=O) groups is 2. The average molecular weight is 484 g/mol. The number of thiophene rings is 1. The van der Waals surface area contributed by atoms with Crippen molar-refractivity contribution in [2.75, 3.05) is 26.4 Å². The molecular formula is C26H33N3O4S. The predicted molar refractivity (Wildman–Crippen MR) is 131 cm³/mol. The number of piperidine rings is 1. The summed E-state index contributed by atoms with van der Waals surface area (Å²) in [6.45, 7) is 7.62. The van der Waals surface area contributed by atoms with Gasteiger partial charge < -0.3 is 14.8 Å². The molecule has 5 rings (SSSR count). The molecule has 0 unspecified atom stereocenters. The normalized spacial score (nSPS) is 23.2. The van der Waals surface area contributed by atoms with Crippen molar-refractivity contribution in [3.8, 4) is 11.5 Å². The highest BCUT2D eigenvalue weighted by molar-refractivity contribution is 7.09. The van der Waals surface area contributed by atoms with E-state index in [9.17, 15) is 9.59 Å². The van der Waals surface area contributed by atoms with Crippen molar-refractivity contribution < 1.29 is 19.1 Å². The van der Waals surface area contributed by atoms with Crippen LogP contribution in [0.15, 0.2) is 35.7 Å². The smallest absolute Gasteiger partial charge is 0.325 e. The summed E-state index contributed by atoms with van der Waals surface area (Å²) >= 11 is 1.66. The first-order valence-corrected chi connectivity index (χ1v) is 13.1. The molecule has 3 amide bonds. The van der Waals surface area contributed by atoms with Gasteiger partial charge in [0, 0.05) is 18.0 Å². The number of hydrogen-bond donors (Lipinski definition) is 1. The lowest BCUT2D eigenvalue weighted by atomic mass is 9.73. The topological polar surface area (TPSA) is 71.1 Å². The maximum atomic E-state index is 13.7. The van der Waals surface area contributed by atoms with Crippen molar-refractivity contribution in [1.29, 1.82) is 0 Å². The summed E-state index contributed by atoms with van der Waals surface area (Å²) in [4.78, 5) is 31.7. The highest BCUT2D eigenvalue weighted by Crippen LogP contribution is 2.39. The van der Waals surface area contributed by atoms with Gasteiger partial charge in [0.2, 0.25) is 6.79 Å². The Kier molecular flexibility index (Phi) is 6.53. The molecule has 34 heavy (non-hydrogen) atoms. The minimum atomic E-state index is -0.786. The molecule has 0 spiro atoms. The van der Waals surface area contributed by atoms with Gasteiger partial charge in [-0.05, 0) is 79.8 Å². The van der Waals surface area contributed by atoms with Gasteiger partial charge in [0.25, 0.3) is 5.91 Å². The molecule has 2 saturated heterocycles. The molecule has 3 aliphatic rings. The van der Waals surface area contributed by atoms with Crippen molar-refractivity contribution >= 4 is 23.3 Å². The molecule has 0 saturated carbocycles. The molecule has 1 aromatic carbocycles. The van der Waals surface area contributed by atoms with Gasteiger partial charge in [-0.2, -0.15) is 0 Å². The molecule has 8 heteroatoms. The van der Waals surface area contributed by atoms with Crippen LogP contribution in [-0.4, -0.2) is 53.7 Å². The van der Waals surface area contributed by atoms with Crippen LogP contribution in [0.1, 0.15) is 43.6 Å². The van der Waals surface area contributed by atoms with E-state index in [4.69, 9.17) is 9.47 Å². The average Bonchev–Trinajstić information content (AvgIpc) is 3.54. The lowest BCUT2D eigenvalue weighted by molar-refractivity contribution is -0.134. The monoisotopic (exact) mass is 483 g/mol. The second-order valence-electron chi connectivity index (χ2n) is 10.0. The Morgan fingerprint density at radius 2 is 1.94 bits per heavy atom. The molecule has 0 radical (unpaired) electrons. The van der Waals surface area contributed by atoms with Crippen LogP contribution >= 0.6 is 11.3 Å². The number of rotatable bonds is 8. The summed E-state index contributed by atoms with van der Waals surface area (Å²) in [5, 5.41) is 5.21. The Hall–Kier alpha value is -2.58. The molecule has 2 aromatic rings. The van der Waals surface area contributed by atoms with Gasteiger partial charge in [-0.15, -0.1) is 11.3 Å². The number of nitrogens with zero attached hydrogens (tertiary/aromatic N) is 2. The Bertz CT molecular complexity index is 1030. The summed E-state index contributed by atoms with van der Waals surface area (Å²) in [5.41, 5.74) is 0.413. The zero-order valence-corrected chi connectivity index (χ0v) is 20.7. The Morgan fingerprint density at radius 3 is 2.68 bits per heavy atom. The first kappa shape index (κ1) is 23.2. The maximum Gasteiger partial charge on any atom is 0.325 e. The van der Waals surface area contributed by atoms with Gasteiger partial charge in [-0.3, -0.25) is 14.6 Å². The molecule has 1 N–H and O–H groups in total. The van der Waals surface area contributed by atoms with Crippen LogP contribution in [0.25, 0.3) is 0 Å². The van der Waals surface area contributed by atoms with Crippen molar-refractivity contribution in [3.05, 3.63) is 46.2 Å². The molecule has 1 atom stereocenters. The van der Waals surface area contributed by atoms with Crippen molar-refractivity contribution in [2.24, 2.45) is 11.8 Å². The van der Waals surface area contributed by atoms with Crippen LogP contribution in [0.3, 0.4) is 0 Å². The number of fused-ring (bicyclic) bond motifs is 1. The van der Waals surface area contributed by atoms with E-state index in [0.29, 0.717) is 25.3 Å². The second kappa shape index (κ2) is 9.58. The van der Waals surface area contributed by atoms with Crippen molar-refractivity contribution in [1.82, 2.24) is 15.1 Å². The van der Waals surface area contributed by atoms with E-state index in [1.165, 1.54) is 15.3 Å². The highest BCUT2D eigenvalue weighted by Gasteiger charge is 2.55. The fourth-order valence-corrected chi connectivity index (χ4v) is 6.33. The van der Waals surface area contributed by atoms with Crippen molar-refractivity contribution in [2.45, 2.75) is 51.6 Å². The fraction of sp³-hybridized carbons (Fsp3) is 0.538. The molecule has 2 fully saturated rings. The summed E-state index contributed by atoms with van der Waals surface area (Å²) in [7, 11) is 0. The second-order valence-corrected chi connectivity index (χ2v) is 11.1. The number of amides is 3. The Labute approximate surface area is 205 Å². The van der Waals surface area contributed by atoms with Gasteiger partial charge in [-0.25, -0.2) is 4.79 Å². The summed E-state index contributed by atoms with van der Waals surface area (Å²) in [6.07, 6.45) is 3.17. The van der Waals surface area contributed by atoms with Crippen LogP contribution in [0.5, 0.6) is 11.5 Å². The number of ether oxygens (including phenoxy) is 2. The van der Waals surface area contributed by atoms with E-state index in [1.54, 1.807) is 11.3 Å². The first-order valence-electron chi connectivity index (χ1n) is 12.2.